The monoisotopic (exact) mass is 374 g/mol. The van der Waals surface area contributed by atoms with E-state index in [0.29, 0.717) is 5.56 Å². The predicted molar refractivity (Wildman–Crippen MR) is 93.7 cm³/mol. The first kappa shape index (κ1) is 19.0. The highest BCUT2D eigenvalue weighted by Gasteiger charge is 2.47. The van der Waals surface area contributed by atoms with Crippen LogP contribution in [-0.4, -0.2) is 46.8 Å². The van der Waals surface area contributed by atoms with Gasteiger partial charge >= 0.3 is 0 Å². The molecule has 27 heavy (non-hydrogen) atoms. The van der Waals surface area contributed by atoms with Gasteiger partial charge in [0, 0.05) is 29.9 Å². The quantitative estimate of drug-likeness (QED) is 0.877. The molecule has 1 N–H and O–H groups in total. The predicted octanol–water partition coefficient (Wildman–Crippen LogP) is 2.53. The highest BCUT2D eigenvalue weighted by atomic mass is 19.3. The topological polar surface area (TPSA) is 86.1 Å². The molecule has 142 valence electrons. The largest absolute Gasteiger partial charge is 0.343 e. The van der Waals surface area contributed by atoms with E-state index in [2.05, 4.69) is 16.4 Å². The van der Waals surface area contributed by atoms with Crippen molar-refractivity contribution in [3.05, 3.63) is 35.7 Å². The minimum absolute atomic E-state index is 0.398. The summed E-state index contributed by atoms with van der Waals surface area (Å²) in [5.74, 6) is -4.24. The molecule has 0 unspecified atom stereocenters. The Labute approximate surface area is 155 Å². The summed E-state index contributed by atoms with van der Waals surface area (Å²) in [6, 6.07) is 2.12. The van der Waals surface area contributed by atoms with Crippen molar-refractivity contribution in [1.82, 2.24) is 15.2 Å². The third-order valence-electron chi connectivity index (χ3n) is 4.84. The average Bonchev–Trinajstić information content (AvgIpc) is 3.01. The number of rotatable bonds is 4. The second kappa shape index (κ2) is 7.82. The maximum absolute atomic E-state index is 13.5. The molecule has 2 heterocycles. The van der Waals surface area contributed by atoms with Crippen LogP contribution in [-0.2, 0) is 4.79 Å². The van der Waals surface area contributed by atoms with Crippen molar-refractivity contribution in [1.29, 1.82) is 5.26 Å². The summed E-state index contributed by atoms with van der Waals surface area (Å²) in [6.07, 6.45) is 8.49. The Morgan fingerprint density at radius 2 is 2.22 bits per heavy atom. The molecule has 1 saturated heterocycles. The number of hydrogen-bond acceptors (Lipinski definition) is 4. The van der Waals surface area contributed by atoms with Gasteiger partial charge in [-0.15, -0.1) is 0 Å². The summed E-state index contributed by atoms with van der Waals surface area (Å²) < 4.78 is 26.9. The normalized spacial score (nSPS) is 21.3. The van der Waals surface area contributed by atoms with Crippen LogP contribution in [0.4, 0.5) is 8.78 Å². The lowest BCUT2D eigenvalue weighted by Gasteiger charge is -2.20. The molecule has 1 atom stereocenters. The van der Waals surface area contributed by atoms with Crippen LogP contribution in [0.25, 0.3) is 5.57 Å². The van der Waals surface area contributed by atoms with Crippen LogP contribution in [0, 0.1) is 11.3 Å². The molecule has 0 spiro atoms. The maximum atomic E-state index is 13.5. The second-order valence-electron chi connectivity index (χ2n) is 6.81. The van der Waals surface area contributed by atoms with Crippen LogP contribution in [0.2, 0.25) is 0 Å². The van der Waals surface area contributed by atoms with Crippen molar-refractivity contribution in [2.75, 3.05) is 13.1 Å². The van der Waals surface area contributed by atoms with E-state index in [1.54, 1.807) is 18.3 Å². The first-order valence-electron chi connectivity index (χ1n) is 8.90. The number of nitrogens with one attached hydrogen (secondary N) is 1. The summed E-state index contributed by atoms with van der Waals surface area (Å²) in [7, 11) is 0. The van der Waals surface area contributed by atoms with E-state index < -0.39 is 43.3 Å². The van der Waals surface area contributed by atoms with Crippen molar-refractivity contribution in [3.8, 4) is 6.07 Å². The molecule has 2 amide bonds. The summed E-state index contributed by atoms with van der Waals surface area (Å²) in [5.41, 5.74) is 2.17. The SMILES string of the molecule is N#C[C@@H]1CC(F)(F)CN1C(=O)CNC(=O)c1ccncc1C1=CCCCC1. The van der Waals surface area contributed by atoms with Crippen LogP contribution < -0.4 is 5.32 Å². The number of amides is 2. The molecule has 1 aromatic heterocycles. The molecule has 1 aromatic rings. The van der Waals surface area contributed by atoms with Crippen LogP contribution in [0.15, 0.2) is 24.5 Å². The number of likely N-dealkylation sites (tertiary alicyclic amines) is 1. The fraction of sp³-hybridized carbons (Fsp3) is 0.474. The van der Waals surface area contributed by atoms with Gasteiger partial charge in [0.2, 0.25) is 5.91 Å². The van der Waals surface area contributed by atoms with Crippen LogP contribution in [0.5, 0.6) is 0 Å². The number of aromatic nitrogens is 1. The van der Waals surface area contributed by atoms with Crippen molar-refractivity contribution < 1.29 is 18.4 Å². The van der Waals surface area contributed by atoms with Crippen molar-refractivity contribution in [2.24, 2.45) is 0 Å². The molecule has 0 bridgehead atoms. The Morgan fingerprint density at radius 1 is 1.41 bits per heavy atom. The number of allylic oxidation sites excluding steroid dienone is 2. The molecule has 2 aliphatic rings. The van der Waals surface area contributed by atoms with Gasteiger partial charge in [-0.05, 0) is 37.3 Å². The van der Waals surface area contributed by atoms with Gasteiger partial charge in [0.15, 0.2) is 0 Å². The fourth-order valence-electron chi connectivity index (χ4n) is 3.48. The zero-order valence-electron chi connectivity index (χ0n) is 14.8. The molecule has 6 nitrogen and oxygen atoms in total. The number of nitriles is 1. The first-order chi connectivity index (χ1) is 12.9. The minimum atomic E-state index is -3.08. The van der Waals surface area contributed by atoms with E-state index in [9.17, 15) is 18.4 Å². The number of carbonyl (C=O) groups is 2. The number of pyridine rings is 1. The number of nitrogens with zero attached hydrogens (tertiary/aromatic N) is 3. The maximum Gasteiger partial charge on any atom is 0.268 e. The summed E-state index contributed by atoms with van der Waals surface area (Å²) in [6.45, 7) is -1.23. The van der Waals surface area contributed by atoms with Crippen molar-refractivity contribution in [3.63, 3.8) is 0 Å². The van der Waals surface area contributed by atoms with Gasteiger partial charge in [-0.2, -0.15) is 5.26 Å². The lowest BCUT2D eigenvalue weighted by molar-refractivity contribution is -0.131. The minimum Gasteiger partial charge on any atom is -0.343 e. The third-order valence-corrected chi connectivity index (χ3v) is 4.84. The van der Waals surface area contributed by atoms with E-state index >= 15 is 0 Å². The highest BCUT2D eigenvalue weighted by Crippen LogP contribution is 2.32. The van der Waals surface area contributed by atoms with Crippen molar-refractivity contribution >= 4 is 17.4 Å². The van der Waals surface area contributed by atoms with E-state index in [1.165, 1.54) is 6.20 Å². The average molecular weight is 374 g/mol. The third kappa shape index (κ3) is 4.30. The van der Waals surface area contributed by atoms with Gasteiger partial charge in [-0.3, -0.25) is 14.6 Å². The number of carbonyl (C=O) groups excluding carboxylic acids is 2. The van der Waals surface area contributed by atoms with Crippen LogP contribution in [0.1, 0.15) is 48.0 Å². The van der Waals surface area contributed by atoms with E-state index in [1.807, 2.05) is 0 Å². The van der Waals surface area contributed by atoms with Gasteiger partial charge in [0.05, 0.1) is 19.2 Å². The second-order valence-corrected chi connectivity index (χ2v) is 6.81. The molecule has 3 rings (SSSR count). The zero-order valence-corrected chi connectivity index (χ0v) is 14.8. The van der Waals surface area contributed by atoms with Gasteiger partial charge in [-0.25, -0.2) is 8.78 Å². The first-order valence-corrected chi connectivity index (χ1v) is 8.90. The lowest BCUT2D eigenvalue weighted by atomic mass is 9.92. The number of alkyl halides is 2. The molecular weight excluding hydrogens is 354 g/mol. The van der Waals surface area contributed by atoms with Crippen LogP contribution >= 0.6 is 0 Å². The summed E-state index contributed by atoms with van der Waals surface area (Å²) >= 11 is 0. The van der Waals surface area contributed by atoms with Gasteiger partial charge in [0.25, 0.3) is 11.8 Å². The van der Waals surface area contributed by atoms with Crippen LogP contribution in [0.3, 0.4) is 0 Å². The van der Waals surface area contributed by atoms with Gasteiger partial charge < -0.3 is 10.2 Å². The Balaban J connectivity index is 1.67. The molecule has 0 aromatic carbocycles. The Kier molecular flexibility index (Phi) is 5.49. The number of halogens is 2. The molecule has 1 aliphatic carbocycles. The van der Waals surface area contributed by atoms with E-state index in [0.717, 1.165) is 41.7 Å². The van der Waals surface area contributed by atoms with Gasteiger partial charge in [-0.1, -0.05) is 6.08 Å². The molecule has 1 fully saturated rings. The van der Waals surface area contributed by atoms with E-state index in [-0.39, 0.29) is 0 Å². The lowest BCUT2D eigenvalue weighted by Crippen LogP contribution is -2.43. The molecule has 8 heteroatoms. The van der Waals surface area contributed by atoms with Gasteiger partial charge in [0.1, 0.15) is 6.04 Å². The van der Waals surface area contributed by atoms with E-state index in [4.69, 9.17) is 5.26 Å². The molecule has 0 radical (unpaired) electrons. The fourth-order valence-corrected chi connectivity index (χ4v) is 3.48. The van der Waals surface area contributed by atoms with Crippen molar-refractivity contribution in [2.45, 2.75) is 44.1 Å². The Bertz CT molecular complexity index is 816. The standard InChI is InChI=1S/C19H20F2N4O2/c20-19(21)8-14(9-22)25(12-19)17(26)11-24-18(27)15-6-7-23-10-16(15)13-4-2-1-3-5-13/h4,6-7,10,14H,1-3,5,8,11-12H2,(H,24,27)/t14-/m0/s1. The number of hydrogen-bond donors (Lipinski definition) is 1. The highest BCUT2D eigenvalue weighted by molar-refractivity contribution is 6.00. The Morgan fingerprint density at radius 3 is 2.93 bits per heavy atom. The summed E-state index contributed by atoms with van der Waals surface area (Å²) in [4.78, 5) is 29.7. The zero-order chi connectivity index (χ0) is 19.4. The molecule has 1 aliphatic heterocycles. The summed E-state index contributed by atoms with van der Waals surface area (Å²) in [5, 5.41) is 11.5. The Hall–Kier alpha value is -2.82. The molecule has 0 saturated carbocycles. The smallest absolute Gasteiger partial charge is 0.268 e. The molecular formula is C19H20F2N4O2.